The fourth-order valence-electron chi connectivity index (χ4n) is 4.18. The number of nitrogens with zero attached hydrogens (tertiary/aromatic N) is 2. The molecular formula is C22H34N2O2. The number of para-hydroxylation sites is 1. The zero-order chi connectivity index (χ0) is 19.1. The predicted molar refractivity (Wildman–Crippen MR) is 107 cm³/mol. The largest absolute Gasteiger partial charge is 0.348 e. The van der Waals surface area contributed by atoms with Crippen LogP contribution in [0.15, 0.2) is 24.3 Å². The van der Waals surface area contributed by atoms with Gasteiger partial charge < -0.3 is 9.80 Å². The molecule has 0 bridgehead atoms. The molecule has 1 aromatic rings. The van der Waals surface area contributed by atoms with Gasteiger partial charge in [0.15, 0.2) is 0 Å². The fourth-order valence-corrected chi connectivity index (χ4v) is 4.18. The van der Waals surface area contributed by atoms with Gasteiger partial charge in [-0.2, -0.15) is 0 Å². The first-order valence-corrected chi connectivity index (χ1v) is 10.0. The van der Waals surface area contributed by atoms with Gasteiger partial charge in [0, 0.05) is 38.2 Å². The minimum absolute atomic E-state index is 0.236. The molecule has 0 aromatic heterocycles. The number of hydrogen-bond donors (Lipinski definition) is 0. The molecule has 1 heterocycles. The van der Waals surface area contributed by atoms with Crippen LogP contribution in [0.1, 0.15) is 64.4 Å². The summed E-state index contributed by atoms with van der Waals surface area (Å²) in [5, 5.41) is 0. The lowest BCUT2D eigenvalue weighted by Crippen LogP contribution is -2.31. The van der Waals surface area contributed by atoms with Gasteiger partial charge in [0.2, 0.25) is 12.3 Å². The molecule has 1 aliphatic heterocycles. The van der Waals surface area contributed by atoms with Gasteiger partial charge >= 0.3 is 0 Å². The molecule has 3 unspecified atom stereocenters. The van der Waals surface area contributed by atoms with Gasteiger partial charge in [0.05, 0.1) is 0 Å². The van der Waals surface area contributed by atoms with Crippen LogP contribution in [0.5, 0.6) is 0 Å². The summed E-state index contributed by atoms with van der Waals surface area (Å²) in [5.41, 5.74) is 2.30. The molecule has 0 saturated heterocycles. The Hall–Kier alpha value is -1.84. The predicted octanol–water partition coefficient (Wildman–Crippen LogP) is 4.45. The van der Waals surface area contributed by atoms with Crippen LogP contribution in [0.4, 0.5) is 5.69 Å². The summed E-state index contributed by atoms with van der Waals surface area (Å²) in [6.07, 6.45) is 5.92. The summed E-state index contributed by atoms with van der Waals surface area (Å²) in [6, 6.07) is 8.23. The molecule has 144 valence electrons. The lowest BCUT2D eigenvalue weighted by Gasteiger charge is -2.22. The Morgan fingerprint density at radius 3 is 2.73 bits per heavy atom. The van der Waals surface area contributed by atoms with Gasteiger partial charge in [-0.1, -0.05) is 51.8 Å². The van der Waals surface area contributed by atoms with Crippen LogP contribution in [0.3, 0.4) is 0 Å². The molecule has 0 saturated carbocycles. The molecule has 3 atom stereocenters. The third kappa shape index (κ3) is 5.33. The highest BCUT2D eigenvalue weighted by Crippen LogP contribution is 2.38. The quantitative estimate of drug-likeness (QED) is 0.580. The van der Waals surface area contributed by atoms with Gasteiger partial charge in [0.25, 0.3) is 0 Å². The van der Waals surface area contributed by atoms with Crippen molar-refractivity contribution in [1.29, 1.82) is 0 Å². The fraction of sp³-hybridized carbons (Fsp3) is 0.636. The van der Waals surface area contributed by atoms with Gasteiger partial charge in [-0.15, -0.1) is 0 Å². The summed E-state index contributed by atoms with van der Waals surface area (Å²) < 4.78 is 0. The summed E-state index contributed by atoms with van der Waals surface area (Å²) in [5.74, 6) is 1.64. The molecule has 0 aliphatic carbocycles. The highest BCUT2D eigenvalue weighted by Gasteiger charge is 2.32. The first kappa shape index (κ1) is 20.5. The number of carbonyl (C=O) groups excluding carboxylic acids is 2. The number of amides is 2. The van der Waals surface area contributed by atoms with Gasteiger partial charge in [-0.05, 0) is 36.3 Å². The zero-order valence-corrected chi connectivity index (χ0v) is 16.8. The van der Waals surface area contributed by atoms with Crippen LogP contribution in [0, 0.1) is 11.8 Å². The van der Waals surface area contributed by atoms with Crippen molar-refractivity contribution in [2.24, 2.45) is 11.8 Å². The SMILES string of the molecule is CCCC(C)CC(C)CC(=O)N1CC(CCN(C)C=O)c2ccccc21. The van der Waals surface area contributed by atoms with Crippen LogP contribution in [0.25, 0.3) is 0 Å². The summed E-state index contributed by atoms with van der Waals surface area (Å²) in [6.45, 7) is 8.16. The maximum Gasteiger partial charge on any atom is 0.227 e. The summed E-state index contributed by atoms with van der Waals surface area (Å²) >= 11 is 0. The van der Waals surface area contributed by atoms with E-state index in [0.717, 1.165) is 38.0 Å². The van der Waals surface area contributed by atoms with Gasteiger partial charge in [-0.3, -0.25) is 9.59 Å². The van der Waals surface area contributed by atoms with Crippen LogP contribution < -0.4 is 4.90 Å². The highest BCUT2D eigenvalue weighted by molar-refractivity contribution is 5.96. The van der Waals surface area contributed by atoms with E-state index in [-0.39, 0.29) is 5.91 Å². The second-order valence-electron chi connectivity index (χ2n) is 8.07. The first-order valence-electron chi connectivity index (χ1n) is 10.0. The van der Waals surface area contributed by atoms with Crippen molar-refractivity contribution in [2.45, 2.75) is 58.8 Å². The summed E-state index contributed by atoms with van der Waals surface area (Å²) in [4.78, 5) is 27.4. The molecule has 4 nitrogen and oxygen atoms in total. The number of carbonyl (C=O) groups is 2. The minimum Gasteiger partial charge on any atom is -0.348 e. The standard InChI is InChI=1S/C22H34N2O2/c1-5-8-17(2)13-18(3)14-22(26)24-15-19(11-12-23(4)16-25)20-9-6-7-10-21(20)24/h6-7,9-10,16-19H,5,8,11-15H2,1-4H3. The van der Waals surface area contributed by atoms with E-state index >= 15 is 0 Å². The van der Waals surface area contributed by atoms with E-state index in [1.54, 1.807) is 11.9 Å². The van der Waals surface area contributed by atoms with E-state index in [0.29, 0.717) is 24.2 Å². The van der Waals surface area contributed by atoms with E-state index in [1.165, 1.54) is 18.4 Å². The van der Waals surface area contributed by atoms with Crippen LogP contribution in [-0.4, -0.2) is 37.4 Å². The Bertz CT molecular complexity index is 602. The van der Waals surface area contributed by atoms with Crippen molar-refractivity contribution >= 4 is 18.0 Å². The lowest BCUT2D eigenvalue weighted by atomic mass is 9.91. The maximum absolute atomic E-state index is 13.0. The Morgan fingerprint density at radius 1 is 1.31 bits per heavy atom. The summed E-state index contributed by atoms with van der Waals surface area (Å²) in [7, 11) is 1.80. The Morgan fingerprint density at radius 2 is 2.04 bits per heavy atom. The monoisotopic (exact) mass is 358 g/mol. The van der Waals surface area contributed by atoms with E-state index in [1.807, 2.05) is 17.0 Å². The van der Waals surface area contributed by atoms with Crippen LogP contribution >= 0.6 is 0 Å². The zero-order valence-electron chi connectivity index (χ0n) is 16.8. The number of hydrogen-bond acceptors (Lipinski definition) is 2. The van der Waals surface area contributed by atoms with Gasteiger partial charge in [0.1, 0.15) is 0 Å². The Balaban J connectivity index is 2.00. The van der Waals surface area contributed by atoms with E-state index < -0.39 is 0 Å². The number of benzene rings is 1. The van der Waals surface area contributed by atoms with Crippen molar-refractivity contribution in [3.63, 3.8) is 0 Å². The van der Waals surface area contributed by atoms with Crippen molar-refractivity contribution in [3.05, 3.63) is 29.8 Å². The second-order valence-corrected chi connectivity index (χ2v) is 8.07. The van der Waals surface area contributed by atoms with Gasteiger partial charge in [-0.25, -0.2) is 0 Å². The molecule has 4 heteroatoms. The Labute approximate surface area is 158 Å². The highest BCUT2D eigenvalue weighted by atomic mass is 16.2. The van der Waals surface area contributed by atoms with E-state index in [9.17, 15) is 9.59 Å². The topological polar surface area (TPSA) is 40.6 Å². The first-order chi connectivity index (χ1) is 12.5. The van der Waals surface area contributed by atoms with E-state index in [2.05, 4.69) is 32.9 Å². The second kappa shape index (κ2) is 9.75. The maximum atomic E-state index is 13.0. The third-order valence-electron chi connectivity index (χ3n) is 5.49. The van der Waals surface area contributed by atoms with Crippen molar-refractivity contribution < 1.29 is 9.59 Å². The molecule has 0 radical (unpaired) electrons. The normalized spacial score (nSPS) is 18.3. The molecule has 1 aliphatic rings. The average molecular weight is 359 g/mol. The van der Waals surface area contributed by atoms with Crippen LogP contribution in [-0.2, 0) is 9.59 Å². The number of fused-ring (bicyclic) bond motifs is 1. The smallest absolute Gasteiger partial charge is 0.227 e. The number of anilines is 1. The molecule has 0 spiro atoms. The third-order valence-corrected chi connectivity index (χ3v) is 5.49. The van der Waals surface area contributed by atoms with E-state index in [4.69, 9.17) is 0 Å². The molecule has 26 heavy (non-hydrogen) atoms. The van der Waals surface area contributed by atoms with Crippen molar-refractivity contribution in [2.75, 3.05) is 25.0 Å². The molecule has 2 rings (SSSR count). The van der Waals surface area contributed by atoms with Crippen molar-refractivity contribution in [1.82, 2.24) is 4.90 Å². The molecule has 0 N–H and O–H groups in total. The van der Waals surface area contributed by atoms with Crippen LogP contribution in [0.2, 0.25) is 0 Å². The Kier molecular flexibility index (Phi) is 7.67. The molecule has 1 aromatic carbocycles. The average Bonchev–Trinajstić information content (AvgIpc) is 2.98. The number of rotatable bonds is 10. The lowest BCUT2D eigenvalue weighted by molar-refractivity contribution is -0.119. The molecule has 2 amide bonds. The van der Waals surface area contributed by atoms with Crippen molar-refractivity contribution in [3.8, 4) is 0 Å². The molecular weight excluding hydrogens is 324 g/mol. The minimum atomic E-state index is 0.236. The molecule has 0 fully saturated rings.